The summed E-state index contributed by atoms with van der Waals surface area (Å²) in [6.45, 7) is 3.79. The first kappa shape index (κ1) is 13.2. The first-order chi connectivity index (χ1) is 9.83. The van der Waals surface area contributed by atoms with E-state index in [0.717, 1.165) is 42.5 Å². The highest BCUT2D eigenvalue weighted by Crippen LogP contribution is 2.30. The van der Waals surface area contributed by atoms with Crippen LogP contribution in [0.5, 0.6) is 0 Å². The molecule has 6 heteroatoms. The van der Waals surface area contributed by atoms with Gasteiger partial charge in [-0.05, 0) is 25.7 Å². The molecule has 3 heterocycles. The van der Waals surface area contributed by atoms with Crippen LogP contribution in [0.25, 0.3) is 11.2 Å². The molecule has 0 radical (unpaired) electrons. The number of aromatic nitrogens is 4. The van der Waals surface area contributed by atoms with Gasteiger partial charge in [-0.3, -0.25) is 4.57 Å². The Morgan fingerprint density at radius 3 is 3.05 bits per heavy atom. The highest BCUT2D eigenvalue weighted by atomic mass is 16.5. The zero-order valence-corrected chi connectivity index (χ0v) is 11.3. The molecule has 106 valence electrons. The van der Waals surface area contributed by atoms with Crippen LogP contribution in [-0.4, -0.2) is 37.3 Å². The average Bonchev–Trinajstić information content (AvgIpc) is 3.10. The van der Waals surface area contributed by atoms with E-state index in [-0.39, 0.29) is 18.9 Å². The molecule has 2 atom stereocenters. The van der Waals surface area contributed by atoms with E-state index in [1.807, 2.05) is 10.6 Å². The molecule has 0 saturated carbocycles. The molecule has 0 aromatic carbocycles. The number of aliphatic hydroxyl groups excluding tert-OH is 1. The number of ether oxygens (including phenoxy) is 1. The van der Waals surface area contributed by atoms with Gasteiger partial charge >= 0.3 is 0 Å². The summed E-state index contributed by atoms with van der Waals surface area (Å²) >= 11 is 0. The molecule has 6 nitrogen and oxygen atoms in total. The molecule has 1 aliphatic heterocycles. The van der Waals surface area contributed by atoms with Crippen LogP contribution >= 0.6 is 0 Å². The Morgan fingerprint density at radius 1 is 1.40 bits per heavy atom. The summed E-state index contributed by atoms with van der Waals surface area (Å²) < 4.78 is 7.72. The monoisotopic (exact) mass is 274 g/mol. The second kappa shape index (κ2) is 5.68. The Bertz CT molecular complexity index is 610. The summed E-state index contributed by atoms with van der Waals surface area (Å²) in [5.41, 5.74) is 2.55. The Morgan fingerprint density at radius 2 is 2.30 bits per heavy atom. The number of fused-ring (bicyclic) bond motifs is 1. The molecular formula is C14H18N4O2. The molecule has 1 aliphatic rings. The Balaban J connectivity index is 1.91. The molecule has 2 aromatic heterocycles. The molecule has 3 rings (SSSR count). The van der Waals surface area contributed by atoms with Crippen molar-refractivity contribution in [3.8, 4) is 0 Å². The van der Waals surface area contributed by atoms with Crippen molar-refractivity contribution in [3.63, 3.8) is 0 Å². The van der Waals surface area contributed by atoms with Gasteiger partial charge in [0.1, 0.15) is 18.1 Å². The normalized spacial score (nSPS) is 22.4. The van der Waals surface area contributed by atoms with Crippen molar-refractivity contribution in [1.82, 2.24) is 19.5 Å². The van der Waals surface area contributed by atoms with E-state index in [1.165, 1.54) is 0 Å². The molecule has 0 aliphatic carbocycles. The summed E-state index contributed by atoms with van der Waals surface area (Å²) in [6.07, 6.45) is 8.40. The Hall–Kier alpha value is -1.79. The third-order valence-corrected chi connectivity index (χ3v) is 3.62. The van der Waals surface area contributed by atoms with Gasteiger partial charge < -0.3 is 9.84 Å². The van der Waals surface area contributed by atoms with Gasteiger partial charge in [-0.1, -0.05) is 6.08 Å². The molecule has 0 spiro atoms. The summed E-state index contributed by atoms with van der Waals surface area (Å²) in [5.74, 6) is 0. The van der Waals surface area contributed by atoms with Crippen LogP contribution in [0.15, 0.2) is 25.3 Å². The maximum Gasteiger partial charge on any atom is 0.165 e. The van der Waals surface area contributed by atoms with E-state index in [2.05, 4.69) is 21.5 Å². The van der Waals surface area contributed by atoms with Gasteiger partial charge in [-0.2, -0.15) is 0 Å². The van der Waals surface area contributed by atoms with E-state index in [0.29, 0.717) is 0 Å². The number of allylic oxidation sites excluding steroid dienone is 1. The standard InChI is InChI=1S/C14H18N4O2/c1-2-3-4-11-13-14(16-8-15-11)18(9-17-13)12-6-5-10(7-19)20-12/h2,8-10,12,19H,1,3-7H2. The predicted octanol–water partition coefficient (Wildman–Crippen LogP) is 1.61. The van der Waals surface area contributed by atoms with Crippen LogP contribution in [0.3, 0.4) is 0 Å². The molecule has 20 heavy (non-hydrogen) atoms. The number of hydrogen-bond donors (Lipinski definition) is 1. The predicted molar refractivity (Wildman–Crippen MR) is 74.1 cm³/mol. The SMILES string of the molecule is C=CCCc1ncnc2c1ncn2C1CCC(CO)O1. The zero-order chi connectivity index (χ0) is 13.9. The third kappa shape index (κ3) is 2.32. The van der Waals surface area contributed by atoms with Gasteiger partial charge in [0, 0.05) is 0 Å². The van der Waals surface area contributed by atoms with Crippen molar-refractivity contribution >= 4 is 11.2 Å². The van der Waals surface area contributed by atoms with Crippen molar-refractivity contribution in [2.75, 3.05) is 6.61 Å². The first-order valence-electron chi connectivity index (χ1n) is 6.87. The van der Waals surface area contributed by atoms with Crippen LogP contribution in [0, 0.1) is 0 Å². The van der Waals surface area contributed by atoms with E-state index < -0.39 is 0 Å². The maximum atomic E-state index is 9.15. The fourth-order valence-corrected chi connectivity index (χ4v) is 2.56. The number of hydrogen-bond acceptors (Lipinski definition) is 5. The van der Waals surface area contributed by atoms with Crippen molar-refractivity contribution in [3.05, 3.63) is 31.0 Å². The number of aryl methyl sites for hydroxylation is 1. The van der Waals surface area contributed by atoms with Crippen LogP contribution in [0.1, 0.15) is 31.2 Å². The lowest BCUT2D eigenvalue weighted by molar-refractivity contribution is -0.0207. The minimum Gasteiger partial charge on any atom is -0.394 e. The maximum absolute atomic E-state index is 9.15. The summed E-state index contributed by atoms with van der Waals surface area (Å²) in [7, 11) is 0. The zero-order valence-electron chi connectivity index (χ0n) is 11.3. The highest BCUT2D eigenvalue weighted by molar-refractivity contribution is 5.73. The fourth-order valence-electron chi connectivity index (χ4n) is 2.56. The van der Waals surface area contributed by atoms with Crippen molar-refractivity contribution in [2.45, 2.75) is 38.0 Å². The second-order valence-corrected chi connectivity index (χ2v) is 4.94. The first-order valence-corrected chi connectivity index (χ1v) is 6.87. The van der Waals surface area contributed by atoms with Crippen molar-refractivity contribution < 1.29 is 9.84 Å². The van der Waals surface area contributed by atoms with Gasteiger partial charge in [-0.25, -0.2) is 15.0 Å². The van der Waals surface area contributed by atoms with Gasteiger partial charge in [0.25, 0.3) is 0 Å². The van der Waals surface area contributed by atoms with E-state index >= 15 is 0 Å². The molecule has 1 saturated heterocycles. The van der Waals surface area contributed by atoms with Crippen molar-refractivity contribution in [2.24, 2.45) is 0 Å². The lowest BCUT2D eigenvalue weighted by atomic mass is 10.2. The van der Waals surface area contributed by atoms with Crippen LogP contribution in [-0.2, 0) is 11.2 Å². The van der Waals surface area contributed by atoms with E-state index in [4.69, 9.17) is 9.84 Å². The van der Waals surface area contributed by atoms with E-state index in [9.17, 15) is 0 Å². The fraction of sp³-hybridized carbons (Fsp3) is 0.500. The van der Waals surface area contributed by atoms with Crippen LogP contribution in [0.4, 0.5) is 0 Å². The molecule has 2 aromatic rings. The van der Waals surface area contributed by atoms with Gasteiger partial charge in [0.15, 0.2) is 5.65 Å². The van der Waals surface area contributed by atoms with Gasteiger partial charge in [-0.15, -0.1) is 6.58 Å². The Kier molecular flexibility index (Phi) is 3.75. The van der Waals surface area contributed by atoms with Crippen molar-refractivity contribution in [1.29, 1.82) is 0 Å². The molecule has 1 N–H and O–H groups in total. The highest BCUT2D eigenvalue weighted by Gasteiger charge is 2.27. The minimum absolute atomic E-state index is 0.0582. The lowest BCUT2D eigenvalue weighted by Crippen LogP contribution is -2.14. The molecule has 1 fully saturated rings. The lowest BCUT2D eigenvalue weighted by Gasteiger charge is -2.13. The number of rotatable bonds is 5. The molecule has 0 amide bonds. The Labute approximate surface area is 117 Å². The van der Waals surface area contributed by atoms with Crippen LogP contribution in [0.2, 0.25) is 0 Å². The van der Waals surface area contributed by atoms with Gasteiger partial charge in [0.2, 0.25) is 0 Å². The molecular weight excluding hydrogens is 256 g/mol. The summed E-state index contributed by atoms with van der Waals surface area (Å²) in [4.78, 5) is 13.1. The largest absolute Gasteiger partial charge is 0.394 e. The number of aliphatic hydroxyl groups is 1. The van der Waals surface area contributed by atoms with Gasteiger partial charge in [0.05, 0.1) is 24.7 Å². The number of imidazole rings is 1. The quantitative estimate of drug-likeness (QED) is 0.839. The summed E-state index contributed by atoms with van der Waals surface area (Å²) in [5, 5.41) is 9.15. The van der Waals surface area contributed by atoms with Crippen LogP contribution < -0.4 is 0 Å². The van der Waals surface area contributed by atoms with E-state index in [1.54, 1.807) is 12.7 Å². The molecule has 2 unspecified atom stereocenters. The second-order valence-electron chi connectivity index (χ2n) is 4.94. The average molecular weight is 274 g/mol. The topological polar surface area (TPSA) is 73.1 Å². The third-order valence-electron chi connectivity index (χ3n) is 3.62. The summed E-state index contributed by atoms with van der Waals surface area (Å²) in [6, 6.07) is 0. The minimum atomic E-state index is -0.0979. The number of nitrogens with zero attached hydrogens (tertiary/aromatic N) is 4. The molecule has 0 bridgehead atoms. The smallest absolute Gasteiger partial charge is 0.165 e.